The third-order valence-corrected chi connectivity index (χ3v) is 4.47. The van der Waals surface area contributed by atoms with Gasteiger partial charge >= 0.3 is 0 Å². The van der Waals surface area contributed by atoms with E-state index in [0.29, 0.717) is 6.04 Å². The van der Waals surface area contributed by atoms with Crippen molar-refractivity contribution in [3.05, 3.63) is 48.3 Å². The Bertz CT molecular complexity index is 1020. The van der Waals surface area contributed by atoms with Crippen LogP contribution in [0.25, 0.3) is 27.8 Å². The maximum Gasteiger partial charge on any atom is 0.139 e. The highest BCUT2D eigenvalue weighted by Crippen LogP contribution is 2.34. The molecule has 0 spiro atoms. The molecule has 2 N–H and O–H groups in total. The van der Waals surface area contributed by atoms with Gasteiger partial charge in [0.05, 0.1) is 11.2 Å². The number of aromatic amines is 1. The molecule has 1 saturated carbocycles. The zero-order chi connectivity index (χ0) is 15.4. The lowest BCUT2D eigenvalue weighted by Gasteiger charge is -2.07. The molecule has 23 heavy (non-hydrogen) atoms. The number of anilines is 1. The van der Waals surface area contributed by atoms with Gasteiger partial charge in [-0.1, -0.05) is 12.1 Å². The summed E-state index contributed by atoms with van der Waals surface area (Å²) in [6.07, 6.45) is 4.54. The Kier molecular flexibility index (Phi) is 2.53. The smallest absolute Gasteiger partial charge is 0.139 e. The van der Waals surface area contributed by atoms with E-state index in [-0.39, 0.29) is 0 Å². The molecular formula is C18H17N5. The van der Waals surface area contributed by atoms with E-state index in [1.165, 1.54) is 12.8 Å². The van der Waals surface area contributed by atoms with Gasteiger partial charge in [0.25, 0.3) is 0 Å². The zero-order valence-corrected chi connectivity index (χ0v) is 12.9. The average molecular weight is 303 g/mol. The van der Waals surface area contributed by atoms with E-state index in [1.54, 1.807) is 0 Å². The van der Waals surface area contributed by atoms with Crippen molar-refractivity contribution in [2.24, 2.45) is 0 Å². The van der Waals surface area contributed by atoms with E-state index in [0.717, 1.165) is 39.3 Å². The standard InChI is InChI=1S/C18H17N5/c1-11-14-10-12(5-8-15(14)22-21-11)17-18(19-13-6-7-13)23-9-3-2-4-16(23)20-17/h2-5,8-10,13,19H,6-7H2,1H3,(H,21,22). The van der Waals surface area contributed by atoms with Gasteiger partial charge in [0.15, 0.2) is 0 Å². The second kappa shape index (κ2) is 4.59. The second-order valence-electron chi connectivity index (χ2n) is 6.23. The number of pyridine rings is 1. The van der Waals surface area contributed by atoms with Crippen molar-refractivity contribution in [2.75, 3.05) is 5.32 Å². The van der Waals surface area contributed by atoms with Gasteiger partial charge in [-0.05, 0) is 44.0 Å². The van der Waals surface area contributed by atoms with Crippen LogP contribution in [0.4, 0.5) is 5.82 Å². The summed E-state index contributed by atoms with van der Waals surface area (Å²) < 4.78 is 2.14. The first kappa shape index (κ1) is 12.7. The molecule has 1 aliphatic carbocycles. The molecule has 0 radical (unpaired) electrons. The third kappa shape index (κ3) is 2.00. The molecule has 3 aromatic heterocycles. The normalized spacial score (nSPS) is 14.7. The van der Waals surface area contributed by atoms with Crippen molar-refractivity contribution in [3.8, 4) is 11.3 Å². The summed E-state index contributed by atoms with van der Waals surface area (Å²) in [6.45, 7) is 2.02. The summed E-state index contributed by atoms with van der Waals surface area (Å²) in [5.41, 5.74) is 5.17. The highest BCUT2D eigenvalue weighted by Gasteiger charge is 2.25. The molecule has 1 fully saturated rings. The topological polar surface area (TPSA) is 58.0 Å². The van der Waals surface area contributed by atoms with E-state index in [9.17, 15) is 0 Å². The van der Waals surface area contributed by atoms with E-state index >= 15 is 0 Å². The van der Waals surface area contributed by atoms with Crippen molar-refractivity contribution in [1.29, 1.82) is 0 Å². The Morgan fingerprint density at radius 2 is 2.13 bits per heavy atom. The number of H-pyrrole nitrogens is 1. The molecule has 1 aliphatic rings. The van der Waals surface area contributed by atoms with Crippen LogP contribution in [0.2, 0.25) is 0 Å². The molecule has 5 rings (SSSR count). The number of nitrogens with one attached hydrogen (secondary N) is 2. The fraction of sp³-hybridized carbons (Fsp3) is 0.222. The van der Waals surface area contributed by atoms with Crippen LogP contribution in [-0.2, 0) is 0 Å². The Morgan fingerprint density at radius 3 is 3.00 bits per heavy atom. The average Bonchev–Trinajstić information content (AvgIpc) is 3.22. The van der Waals surface area contributed by atoms with Crippen LogP contribution in [0.3, 0.4) is 0 Å². The largest absolute Gasteiger partial charge is 0.367 e. The molecule has 1 aromatic carbocycles. The number of aryl methyl sites for hydroxylation is 1. The molecule has 0 amide bonds. The van der Waals surface area contributed by atoms with E-state index in [4.69, 9.17) is 4.98 Å². The first-order valence-corrected chi connectivity index (χ1v) is 7.98. The van der Waals surface area contributed by atoms with Crippen LogP contribution in [-0.4, -0.2) is 25.6 Å². The quantitative estimate of drug-likeness (QED) is 0.606. The van der Waals surface area contributed by atoms with Crippen LogP contribution in [0.1, 0.15) is 18.5 Å². The van der Waals surface area contributed by atoms with Crippen molar-refractivity contribution >= 4 is 22.4 Å². The van der Waals surface area contributed by atoms with E-state index < -0.39 is 0 Å². The number of nitrogens with zero attached hydrogens (tertiary/aromatic N) is 3. The maximum atomic E-state index is 4.85. The molecule has 0 unspecified atom stereocenters. The van der Waals surface area contributed by atoms with E-state index in [1.807, 2.05) is 25.1 Å². The molecule has 114 valence electrons. The van der Waals surface area contributed by atoms with Gasteiger partial charge in [-0.2, -0.15) is 5.10 Å². The first-order chi connectivity index (χ1) is 11.3. The summed E-state index contributed by atoms with van der Waals surface area (Å²) in [4.78, 5) is 4.85. The maximum absolute atomic E-state index is 4.85. The number of hydrogen-bond acceptors (Lipinski definition) is 3. The number of benzene rings is 1. The molecule has 5 heteroatoms. The SMILES string of the molecule is Cc1n[nH]c2ccc(-c3nc4ccccn4c3NC3CC3)cc12. The first-order valence-electron chi connectivity index (χ1n) is 7.98. The minimum absolute atomic E-state index is 0.577. The van der Waals surface area contributed by atoms with Gasteiger partial charge in [-0.25, -0.2) is 4.98 Å². The summed E-state index contributed by atoms with van der Waals surface area (Å²) in [5.74, 6) is 1.09. The molecule has 0 atom stereocenters. The molecule has 0 aliphatic heterocycles. The van der Waals surface area contributed by atoms with Crippen LogP contribution >= 0.6 is 0 Å². The van der Waals surface area contributed by atoms with Crippen LogP contribution in [0.5, 0.6) is 0 Å². The fourth-order valence-electron chi connectivity index (χ4n) is 3.05. The summed E-state index contributed by atoms with van der Waals surface area (Å²) >= 11 is 0. The molecule has 4 aromatic rings. The van der Waals surface area contributed by atoms with Crippen molar-refractivity contribution in [3.63, 3.8) is 0 Å². The van der Waals surface area contributed by atoms with Gasteiger partial charge < -0.3 is 5.32 Å². The molecule has 0 saturated heterocycles. The van der Waals surface area contributed by atoms with Crippen LogP contribution in [0, 0.1) is 6.92 Å². The Balaban J connectivity index is 1.74. The van der Waals surface area contributed by atoms with Crippen molar-refractivity contribution in [1.82, 2.24) is 19.6 Å². The van der Waals surface area contributed by atoms with Gasteiger partial charge in [-0.3, -0.25) is 9.50 Å². The lowest BCUT2D eigenvalue weighted by atomic mass is 10.1. The van der Waals surface area contributed by atoms with Crippen molar-refractivity contribution in [2.45, 2.75) is 25.8 Å². The van der Waals surface area contributed by atoms with Crippen LogP contribution < -0.4 is 5.32 Å². The van der Waals surface area contributed by atoms with E-state index in [2.05, 4.69) is 44.3 Å². The summed E-state index contributed by atoms with van der Waals surface area (Å²) in [7, 11) is 0. The minimum atomic E-state index is 0.577. The van der Waals surface area contributed by atoms with Gasteiger partial charge in [0.1, 0.15) is 17.2 Å². The number of rotatable bonds is 3. The Labute approximate surface area is 133 Å². The number of imidazole rings is 1. The van der Waals surface area contributed by atoms with Crippen LogP contribution in [0.15, 0.2) is 42.6 Å². The number of fused-ring (bicyclic) bond motifs is 2. The molecular weight excluding hydrogens is 286 g/mol. The zero-order valence-electron chi connectivity index (χ0n) is 12.9. The molecule has 3 heterocycles. The lowest BCUT2D eigenvalue weighted by molar-refractivity contribution is 1.07. The lowest BCUT2D eigenvalue weighted by Crippen LogP contribution is -2.04. The second-order valence-corrected chi connectivity index (χ2v) is 6.23. The van der Waals surface area contributed by atoms with Gasteiger partial charge in [0, 0.05) is 23.2 Å². The number of hydrogen-bond donors (Lipinski definition) is 2. The molecule has 0 bridgehead atoms. The predicted molar refractivity (Wildman–Crippen MR) is 91.7 cm³/mol. The third-order valence-electron chi connectivity index (χ3n) is 4.47. The Morgan fingerprint density at radius 1 is 1.22 bits per heavy atom. The summed E-state index contributed by atoms with van der Waals surface area (Å²) in [6, 6.07) is 13.1. The highest BCUT2D eigenvalue weighted by molar-refractivity contribution is 5.88. The molecule has 5 nitrogen and oxygen atoms in total. The predicted octanol–water partition coefficient (Wildman–Crippen LogP) is 3.76. The van der Waals surface area contributed by atoms with Crippen molar-refractivity contribution < 1.29 is 0 Å². The highest BCUT2D eigenvalue weighted by atomic mass is 15.2. The summed E-state index contributed by atoms with van der Waals surface area (Å²) in [5, 5.41) is 12.1. The Hall–Kier alpha value is -2.82. The van der Waals surface area contributed by atoms with Gasteiger partial charge in [-0.15, -0.1) is 0 Å². The fourth-order valence-corrected chi connectivity index (χ4v) is 3.05. The number of aromatic nitrogens is 4. The monoisotopic (exact) mass is 303 g/mol. The minimum Gasteiger partial charge on any atom is -0.367 e. The van der Waals surface area contributed by atoms with Gasteiger partial charge in [0.2, 0.25) is 0 Å².